The molecule has 3 rings (SSSR count). The van der Waals surface area contributed by atoms with Gasteiger partial charge in [-0.3, -0.25) is 14.4 Å². The number of anilines is 1. The van der Waals surface area contributed by atoms with Crippen molar-refractivity contribution >= 4 is 35.1 Å². The highest BCUT2D eigenvalue weighted by molar-refractivity contribution is 6.31. The van der Waals surface area contributed by atoms with E-state index < -0.39 is 36.0 Å². The molecular weight excluding hydrogens is 418 g/mol. The number of esters is 1. The molecule has 0 bridgehead atoms. The number of nitrogens with one attached hydrogen (secondary N) is 1. The molecule has 1 saturated heterocycles. The third kappa shape index (κ3) is 5.54. The highest BCUT2D eigenvalue weighted by atomic mass is 35.5. The zero-order chi connectivity index (χ0) is 21.7. The summed E-state index contributed by atoms with van der Waals surface area (Å²) in [6.07, 6.45) is 1.13. The highest BCUT2D eigenvalue weighted by Gasteiger charge is 2.30. The maximum atomic E-state index is 13.2. The van der Waals surface area contributed by atoms with Crippen molar-refractivity contribution in [1.82, 2.24) is 4.90 Å². The fourth-order valence-corrected chi connectivity index (χ4v) is 3.34. The Bertz CT molecular complexity index is 953. The molecule has 1 aliphatic rings. The number of nitrogens with zero attached hydrogens (tertiary/aromatic N) is 1. The highest BCUT2D eigenvalue weighted by Crippen LogP contribution is 2.21. The van der Waals surface area contributed by atoms with Gasteiger partial charge in [0.15, 0.2) is 6.61 Å². The average Bonchev–Trinajstić information content (AvgIpc) is 2.75. The van der Waals surface area contributed by atoms with Gasteiger partial charge in [0.25, 0.3) is 11.8 Å². The van der Waals surface area contributed by atoms with Crippen LogP contribution in [0.2, 0.25) is 5.02 Å². The van der Waals surface area contributed by atoms with E-state index in [1.807, 2.05) is 0 Å². The van der Waals surface area contributed by atoms with Crippen molar-refractivity contribution in [3.63, 3.8) is 0 Å². The number of carbonyl (C=O) groups excluding carboxylic acids is 3. The minimum Gasteiger partial charge on any atom is -0.455 e. The van der Waals surface area contributed by atoms with E-state index in [9.17, 15) is 23.2 Å². The third-order valence-corrected chi connectivity index (χ3v) is 4.97. The maximum Gasteiger partial charge on any atom is 0.311 e. The number of rotatable bonds is 5. The Labute approximate surface area is 176 Å². The van der Waals surface area contributed by atoms with Crippen molar-refractivity contribution in [1.29, 1.82) is 0 Å². The molecular formula is C21H19ClF2N2O4. The molecule has 0 aromatic heterocycles. The molecule has 2 aromatic rings. The lowest BCUT2D eigenvalue weighted by Gasteiger charge is -2.31. The Hall–Kier alpha value is -3.00. The number of hydrogen-bond acceptors (Lipinski definition) is 4. The average molecular weight is 437 g/mol. The minimum atomic E-state index is -0.613. The van der Waals surface area contributed by atoms with Crippen LogP contribution in [-0.2, 0) is 14.3 Å². The van der Waals surface area contributed by atoms with E-state index in [-0.39, 0.29) is 23.2 Å². The van der Waals surface area contributed by atoms with Gasteiger partial charge in [0.1, 0.15) is 11.6 Å². The molecule has 2 aromatic carbocycles. The summed E-state index contributed by atoms with van der Waals surface area (Å²) >= 11 is 5.66. The first-order chi connectivity index (χ1) is 14.3. The summed E-state index contributed by atoms with van der Waals surface area (Å²) < 4.78 is 31.3. The molecule has 30 heavy (non-hydrogen) atoms. The van der Waals surface area contributed by atoms with Crippen LogP contribution in [0.4, 0.5) is 14.5 Å². The van der Waals surface area contributed by atoms with Gasteiger partial charge in [-0.25, -0.2) is 8.78 Å². The molecule has 2 amide bonds. The molecule has 1 heterocycles. The van der Waals surface area contributed by atoms with Crippen molar-refractivity contribution in [2.24, 2.45) is 5.92 Å². The van der Waals surface area contributed by atoms with Crippen LogP contribution in [0.25, 0.3) is 0 Å². The molecule has 0 radical (unpaired) electrons. The van der Waals surface area contributed by atoms with Gasteiger partial charge >= 0.3 is 5.97 Å². The van der Waals surface area contributed by atoms with Crippen LogP contribution >= 0.6 is 11.6 Å². The largest absolute Gasteiger partial charge is 0.455 e. The fourth-order valence-electron chi connectivity index (χ4n) is 3.15. The standard InChI is InChI=1S/C21H19ClF2N2O4/c22-17-10-16(7-8-18(17)24)25-19(27)12-30-21(29)14-2-1-9-26(11-14)20(28)13-3-5-15(23)6-4-13/h3-8,10,14H,1-2,9,11-12H2,(H,25,27). The lowest BCUT2D eigenvalue weighted by Crippen LogP contribution is -2.43. The van der Waals surface area contributed by atoms with Crippen LogP contribution in [0, 0.1) is 17.6 Å². The number of likely N-dealkylation sites (tertiary alicyclic amines) is 1. The fraction of sp³-hybridized carbons (Fsp3) is 0.286. The summed E-state index contributed by atoms with van der Waals surface area (Å²) in [6, 6.07) is 8.89. The van der Waals surface area contributed by atoms with Crippen molar-refractivity contribution in [3.8, 4) is 0 Å². The van der Waals surface area contributed by atoms with Gasteiger partial charge in [0, 0.05) is 24.3 Å². The number of halogens is 3. The summed E-state index contributed by atoms with van der Waals surface area (Å²) in [4.78, 5) is 38.4. The Kier molecular flexibility index (Phi) is 6.99. The van der Waals surface area contributed by atoms with E-state index in [1.165, 1.54) is 41.3 Å². The van der Waals surface area contributed by atoms with Crippen LogP contribution in [0.1, 0.15) is 23.2 Å². The van der Waals surface area contributed by atoms with Gasteiger partial charge in [-0.2, -0.15) is 0 Å². The molecule has 6 nitrogen and oxygen atoms in total. The first-order valence-corrected chi connectivity index (χ1v) is 9.67. The molecule has 0 aliphatic carbocycles. The Morgan fingerprint density at radius 2 is 1.87 bits per heavy atom. The van der Waals surface area contributed by atoms with Gasteiger partial charge in [0.05, 0.1) is 10.9 Å². The Morgan fingerprint density at radius 3 is 2.57 bits per heavy atom. The summed E-state index contributed by atoms with van der Waals surface area (Å²) in [6.45, 7) is 0.117. The Morgan fingerprint density at radius 1 is 1.13 bits per heavy atom. The third-order valence-electron chi connectivity index (χ3n) is 4.68. The molecule has 0 saturated carbocycles. The van der Waals surface area contributed by atoms with Crippen LogP contribution in [0.5, 0.6) is 0 Å². The second-order valence-electron chi connectivity index (χ2n) is 6.88. The molecule has 1 fully saturated rings. The van der Waals surface area contributed by atoms with Gasteiger partial charge < -0.3 is 15.0 Å². The summed E-state index contributed by atoms with van der Waals surface area (Å²) in [5, 5.41) is 2.32. The van der Waals surface area contributed by atoms with Gasteiger partial charge in [0.2, 0.25) is 0 Å². The summed E-state index contributed by atoms with van der Waals surface area (Å²) in [5.41, 5.74) is 0.610. The second-order valence-corrected chi connectivity index (χ2v) is 7.29. The van der Waals surface area contributed by atoms with Crippen molar-refractivity contribution in [2.75, 3.05) is 25.0 Å². The quantitative estimate of drug-likeness (QED) is 0.726. The van der Waals surface area contributed by atoms with Gasteiger partial charge in [-0.1, -0.05) is 11.6 Å². The normalized spacial score (nSPS) is 16.1. The summed E-state index contributed by atoms with van der Waals surface area (Å²) in [7, 11) is 0. The topological polar surface area (TPSA) is 75.7 Å². The van der Waals surface area contributed by atoms with Crippen molar-refractivity contribution in [3.05, 3.63) is 64.7 Å². The maximum absolute atomic E-state index is 13.2. The molecule has 0 spiro atoms. The summed E-state index contributed by atoms with van der Waals surface area (Å²) in [5.74, 6) is -3.08. The number of amides is 2. The second kappa shape index (κ2) is 9.67. The molecule has 9 heteroatoms. The lowest BCUT2D eigenvalue weighted by atomic mass is 9.97. The molecule has 1 aliphatic heterocycles. The van der Waals surface area contributed by atoms with E-state index >= 15 is 0 Å². The zero-order valence-electron chi connectivity index (χ0n) is 15.9. The van der Waals surface area contributed by atoms with E-state index in [0.717, 1.165) is 6.07 Å². The van der Waals surface area contributed by atoms with E-state index in [4.69, 9.17) is 16.3 Å². The smallest absolute Gasteiger partial charge is 0.311 e. The minimum absolute atomic E-state index is 0.141. The van der Waals surface area contributed by atoms with E-state index in [2.05, 4.69) is 5.32 Å². The lowest BCUT2D eigenvalue weighted by molar-refractivity contribution is -0.152. The van der Waals surface area contributed by atoms with Crippen LogP contribution in [0.3, 0.4) is 0 Å². The first-order valence-electron chi connectivity index (χ1n) is 9.30. The van der Waals surface area contributed by atoms with E-state index in [1.54, 1.807) is 0 Å². The number of benzene rings is 2. The van der Waals surface area contributed by atoms with Crippen LogP contribution < -0.4 is 5.32 Å². The SMILES string of the molecule is O=C(COC(=O)C1CCCN(C(=O)c2ccc(F)cc2)C1)Nc1ccc(F)c(Cl)c1. The number of hydrogen-bond donors (Lipinski definition) is 1. The number of ether oxygens (including phenoxy) is 1. The molecule has 1 atom stereocenters. The monoisotopic (exact) mass is 436 g/mol. The predicted octanol–water partition coefficient (Wildman–Crippen LogP) is 3.65. The van der Waals surface area contributed by atoms with Gasteiger partial charge in [-0.05, 0) is 55.3 Å². The van der Waals surface area contributed by atoms with Gasteiger partial charge in [-0.15, -0.1) is 0 Å². The van der Waals surface area contributed by atoms with Crippen molar-refractivity contribution < 1.29 is 27.9 Å². The Balaban J connectivity index is 1.51. The molecule has 1 N–H and O–H groups in total. The first kappa shape index (κ1) is 21.7. The number of carbonyl (C=O) groups is 3. The van der Waals surface area contributed by atoms with Crippen molar-refractivity contribution in [2.45, 2.75) is 12.8 Å². The van der Waals surface area contributed by atoms with Crippen LogP contribution in [0.15, 0.2) is 42.5 Å². The predicted molar refractivity (Wildman–Crippen MR) is 106 cm³/mol. The van der Waals surface area contributed by atoms with E-state index in [0.29, 0.717) is 24.9 Å². The van der Waals surface area contributed by atoms with Crippen LogP contribution in [-0.4, -0.2) is 42.4 Å². The zero-order valence-corrected chi connectivity index (χ0v) is 16.6. The number of piperidine rings is 1. The molecule has 1 unspecified atom stereocenters. The molecule has 158 valence electrons.